The molecule has 18 heavy (non-hydrogen) atoms. The van der Waals surface area contributed by atoms with Gasteiger partial charge in [-0.15, -0.1) is 11.3 Å². The summed E-state index contributed by atoms with van der Waals surface area (Å²) in [5, 5.41) is 5.16. The summed E-state index contributed by atoms with van der Waals surface area (Å²) in [5.74, 6) is -0.385. The van der Waals surface area contributed by atoms with E-state index >= 15 is 0 Å². The van der Waals surface area contributed by atoms with E-state index in [0.29, 0.717) is 12.1 Å². The zero-order valence-corrected chi connectivity index (χ0v) is 12.6. The number of rotatable bonds is 5. The van der Waals surface area contributed by atoms with Crippen molar-refractivity contribution in [2.24, 2.45) is 0 Å². The summed E-state index contributed by atoms with van der Waals surface area (Å²) in [5.41, 5.74) is 0.524. The number of ether oxygens (including phenoxy) is 1. The number of esters is 1. The van der Waals surface area contributed by atoms with E-state index in [9.17, 15) is 9.59 Å². The summed E-state index contributed by atoms with van der Waals surface area (Å²) >= 11 is 4.79. The number of amides is 2. The Morgan fingerprint density at radius 3 is 2.72 bits per heavy atom. The van der Waals surface area contributed by atoms with Crippen molar-refractivity contribution in [2.75, 3.05) is 19.7 Å². The van der Waals surface area contributed by atoms with Gasteiger partial charge in [0.2, 0.25) is 0 Å². The molecule has 0 aromatic carbocycles. The molecule has 0 unspecified atom stereocenters. The maximum absolute atomic E-state index is 11.7. The molecule has 0 bridgehead atoms. The molecular weight excluding hydrogens is 320 g/mol. The van der Waals surface area contributed by atoms with Gasteiger partial charge in [0.25, 0.3) is 0 Å². The van der Waals surface area contributed by atoms with Gasteiger partial charge in [0, 0.05) is 11.4 Å². The van der Waals surface area contributed by atoms with Crippen LogP contribution in [0.15, 0.2) is 9.85 Å². The van der Waals surface area contributed by atoms with Crippen molar-refractivity contribution in [3.63, 3.8) is 0 Å². The molecule has 0 atom stereocenters. The third-order valence-corrected chi connectivity index (χ3v) is 3.74. The van der Waals surface area contributed by atoms with Gasteiger partial charge in [-0.05, 0) is 35.8 Å². The van der Waals surface area contributed by atoms with Gasteiger partial charge in [0.1, 0.15) is 6.61 Å². The second-order valence-electron chi connectivity index (χ2n) is 3.47. The first-order chi connectivity index (χ1) is 8.54. The SMILES string of the molecule is CCNC(=O)NCCOC(=O)c1cc(C)sc1Br. The van der Waals surface area contributed by atoms with Crippen molar-refractivity contribution in [1.29, 1.82) is 0 Å². The molecule has 7 heteroatoms. The minimum atomic E-state index is -0.385. The molecule has 2 amide bonds. The molecule has 0 radical (unpaired) electrons. The first-order valence-electron chi connectivity index (χ1n) is 5.49. The van der Waals surface area contributed by atoms with E-state index in [1.54, 1.807) is 6.07 Å². The molecule has 1 aromatic heterocycles. The van der Waals surface area contributed by atoms with Crippen molar-refractivity contribution in [3.8, 4) is 0 Å². The van der Waals surface area contributed by atoms with Gasteiger partial charge in [-0.25, -0.2) is 9.59 Å². The normalized spacial score (nSPS) is 9.94. The van der Waals surface area contributed by atoms with Crippen LogP contribution < -0.4 is 10.6 Å². The lowest BCUT2D eigenvalue weighted by Crippen LogP contribution is -2.37. The van der Waals surface area contributed by atoms with Crippen LogP contribution >= 0.6 is 27.3 Å². The van der Waals surface area contributed by atoms with Gasteiger partial charge in [-0.2, -0.15) is 0 Å². The van der Waals surface area contributed by atoms with Crippen LogP contribution in [0.5, 0.6) is 0 Å². The molecule has 0 fully saturated rings. The number of carbonyl (C=O) groups excluding carboxylic acids is 2. The van der Waals surface area contributed by atoms with Crippen molar-refractivity contribution < 1.29 is 14.3 Å². The number of aryl methyl sites for hydroxylation is 1. The number of carbonyl (C=O) groups is 2. The zero-order chi connectivity index (χ0) is 13.5. The van der Waals surface area contributed by atoms with Crippen LogP contribution in [-0.4, -0.2) is 31.7 Å². The van der Waals surface area contributed by atoms with Crippen LogP contribution in [0.4, 0.5) is 4.79 Å². The summed E-state index contributed by atoms with van der Waals surface area (Å²) in [6.45, 7) is 4.75. The molecular formula is C11H15BrN2O3S. The summed E-state index contributed by atoms with van der Waals surface area (Å²) in [4.78, 5) is 23.8. The molecule has 100 valence electrons. The fraction of sp³-hybridized carbons (Fsp3) is 0.455. The number of halogens is 1. The number of urea groups is 1. The van der Waals surface area contributed by atoms with E-state index in [0.717, 1.165) is 8.66 Å². The van der Waals surface area contributed by atoms with E-state index in [1.807, 2.05) is 13.8 Å². The summed E-state index contributed by atoms with van der Waals surface area (Å²) in [7, 11) is 0. The average molecular weight is 335 g/mol. The molecule has 1 heterocycles. The minimum Gasteiger partial charge on any atom is -0.460 e. The highest BCUT2D eigenvalue weighted by Gasteiger charge is 2.14. The summed E-state index contributed by atoms with van der Waals surface area (Å²) in [6, 6.07) is 1.51. The molecule has 0 saturated heterocycles. The largest absolute Gasteiger partial charge is 0.460 e. The average Bonchev–Trinajstić information content (AvgIpc) is 2.64. The molecule has 0 spiro atoms. The van der Waals surface area contributed by atoms with Gasteiger partial charge < -0.3 is 15.4 Å². The first-order valence-corrected chi connectivity index (χ1v) is 7.10. The second kappa shape index (κ2) is 7.38. The zero-order valence-electron chi connectivity index (χ0n) is 10.2. The number of hydrogen-bond donors (Lipinski definition) is 2. The van der Waals surface area contributed by atoms with Gasteiger partial charge >= 0.3 is 12.0 Å². The molecule has 2 N–H and O–H groups in total. The van der Waals surface area contributed by atoms with E-state index in [2.05, 4.69) is 26.6 Å². The Labute approximate surface area is 118 Å². The Morgan fingerprint density at radius 1 is 1.44 bits per heavy atom. The quantitative estimate of drug-likeness (QED) is 0.641. The standard InChI is InChI=1S/C11H15BrN2O3S/c1-3-13-11(16)14-4-5-17-10(15)8-6-7(2)18-9(8)12/h6H,3-5H2,1-2H3,(H2,13,14,16). The lowest BCUT2D eigenvalue weighted by molar-refractivity contribution is 0.0510. The van der Waals surface area contributed by atoms with Gasteiger partial charge in [0.15, 0.2) is 0 Å². The maximum Gasteiger partial charge on any atom is 0.340 e. The van der Waals surface area contributed by atoms with Crippen molar-refractivity contribution >= 4 is 39.3 Å². The van der Waals surface area contributed by atoms with Crippen LogP contribution in [0.2, 0.25) is 0 Å². The van der Waals surface area contributed by atoms with Crippen LogP contribution in [0.25, 0.3) is 0 Å². The third kappa shape index (κ3) is 4.66. The maximum atomic E-state index is 11.7. The van der Waals surface area contributed by atoms with E-state index in [4.69, 9.17) is 4.74 Å². The monoisotopic (exact) mass is 334 g/mol. The van der Waals surface area contributed by atoms with Gasteiger partial charge in [0.05, 0.1) is 15.9 Å². The predicted molar refractivity (Wildman–Crippen MR) is 74.1 cm³/mol. The van der Waals surface area contributed by atoms with Crippen molar-refractivity contribution in [3.05, 3.63) is 20.3 Å². The third-order valence-electron chi connectivity index (χ3n) is 1.99. The highest BCUT2D eigenvalue weighted by Crippen LogP contribution is 2.27. The minimum absolute atomic E-state index is 0.150. The van der Waals surface area contributed by atoms with Gasteiger partial charge in [-0.1, -0.05) is 0 Å². The Bertz CT molecular complexity index is 434. The summed E-state index contributed by atoms with van der Waals surface area (Å²) in [6.07, 6.45) is 0. The Kier molecular flexibility index (Phi) is 6.14. The van der Waals surface area contributed by atoms with E-state index < -0.39 is 0 Å². The Hall–Kier alpha value is -1.08. The lowest BCUT2D eigenvalue weighted by Gasteiger charge is -2.06. The van der Waals surface area contributed by atoms with Crippen molar-refractivity contribution in [1.82, 2.24) is 10.6 Å². The fourth-order valence-corrected chi connectivity index (χ4v) is 2.99. The van der Waals surface area contributed by atoms with E-state index in [-0.39, 0.29) is 25.2 Å². The highest BCUT2D eigenvalue weighted by molar-refractivity contribution is 9.11. The fourth-order valence-electron chi connectivity index (χ4n) is 1.23. The van der Waals surface area contributed by atoms with E-state index in [1.165, 1.54) is 11.3 Å². The number of thiophene rings is 1. The topological polar surface area (TPSA) is 67.4 Å². The van der Waals surface area contributed by atoms with Gasteiger partial charge in [-0.3, -0.25) is 0 Å². The molecule has 0 aliphatic carbocycles. The molecule has 5 nitrogen and oxygen atoms in total. The molecule has 0 saturated carbocycles. The number of hydrogen-bond acceptors (Lipinski definition) is 4. The van der Waals surface area contributed by atoms with Crippen LogP contribution in [0.1, 0.15) is 22.2 Å². The molecule has 0 aliphatic heterocycles. The number of nitrogens with one attached hydrogen (secondary N) is 2. The smallest absolute Gasteiger partial charge is 0.340 e. The van der Waals surface area contributed by atoms with Crippen LogP contribution in [-0.2, 0) is 4.74 Å². The predicted octanol–water partition coefficient (Wildman–Crippen LogP) is 2.29. The Morgan fingerprint density at radius 2 is 2.17 bits per heavy atom. The lowest BCUT2D eigenvalue weighted by atomic mass is 10.3. The summed E-state index contributed by atoms with van der Waals surface area (Å²) < 4.78 is 5.81. The molecule has 1 rings (SSSR count). The Balaban J connectivity index is 2.30. The van der Waals surface area contributed by atoms with Crippen LogP contribution in [0, 0.1) is 6.92 Å². The molecule has 0 aliphatic rings. The first kappa shape index (κ1) is 15.0. The highest BCUT2D eigenvalue weighted by atomic mass is 79.9. The van der Waals surface area contributed by atoms with Crippen LogP contribution in [0.3, 0.4) is 0 Å². The second-order valence-corrected chi connectivity index (χ2v) is 6.04. The molecule has 1 aromatic rings. The van der Waals surface area contributed by atoms with Crippen molar-refractivity contribution in [2.45, 2.75) is 13.8 Å².